The fourth-order valence-electron chi connectivity index (χ4n) is 1.31. The number of nitrogens with one attached hydrogen (secondary N) is 1. The number of amides is 1. The van der Waals surface area contributed by atoms with Gasteiger partial charge in [0.25, 0.3) is 0 Å². The van der Waals surface area contributed by atoms with E-state index < -0.39 is 11.7 Å². The summed E-state index contributed by atoms with van der Waals surface area (Å²) in [7, 11) is 0. The van der Waals surface area contributed by atoms with Crippen molar-refractivity contribution in [3.05, 3.63) is 29.6 Å². The van der Waals surface area contributed by atoms with E-state index in [1.54, 1.807) is 0 Å². The molecule has 0 spiro atoms. The van der Waals surface area contributed by atoms with Crippen molar-refractivity contribution in [2.24, 2.45) is 5.73 Å². The number of ether oxygens (including phenoxy) is 1. The zero-order valence-electron chi connectivity index (χ0n) is 9.83. The third kappa shape index (κ3) is 4.40. The van der Waals surface area contributed by atoms with Crippen LogP contribution in [0.5, 0.6) is 5.75 Å². The largest absolute Gasteiger partial charge is 0.489 e. The number of hydrogen-bond acceptors (Lipinski definition) is 3. The van der Waals surface area contributed by atoms with Crippen LogP contribution in [0.1, 0.15) is 23.7 Å². The minimum Gasteiger partial charge on any atom is -0.489 e. The highest BCUT2D eigenvalue weighted by Crippen LogP contribution is 2.17. The fraction of sp³-hybridized carbons (Fsp3) is 0.417. The third-order valence-corrected chi connectivity index (χ3v) is 2.18. The lowest BCUT2D eigenvalue weighted by Gasteiger charge is -2.08. The van der Waals surface area contributed by atoms with Crippen molar-refractivity contribution in [2.45, 2.75) is 13.3 Å². The quantitative estimate of drug-likeness (QED) is 0.706. The predicted molar refractivity (Wildman–Crippen MR) is 63.6 cm³/mol. The summed E-state index contributed by atoms with van der Waals surface area (Å²) in [5.74, 6) is -1.09. The maximum Gasteiger partial charge on any atom is 0.248 e. The molecule has 0 aliphatic rings. The van der Waals surface area contributed by atoms with E-state index in [-0.39, 0.29) is 11.3 Å². The van der Waals surface area contributed by atoms with E-state index in [0.717, 1.165) is 19.0 Å². The number of hydrogen-bond donors (Lipinski definition) is 2. The lowest BCUT2D eigenvalue weighted by Crippen LogP contribution is -2.21. The summed E-state index contributed by atoms with van der Waals surface area (Å²) in [4.78, 5) is 10.8. The maximum absolute atomic E-state index is 13.4. The van der Waals surface area contributed by atoms with Crippen LogP contribution in [0.25, 0.3) is 0 Å². The molecule has 0 atom stereocenters. The van der Waals surface area contributed by atoms with Crippen molar-refractivity contribution >= 4 is 5.91 Å². The Balaban J connectivity index is 2.46. The van der Waals surface area contributed by atoms with Crippen molar-refractivity contribution in [1.82, 2.24) is 5.32 Å². The number of primary amides is 1. The minimum atomic E-state index is -0.653. The van der Waals surface area contributed by atoms with Crippen LogP contribution in [0.15, 0.2) is 18.2 Å². The van der Waals surface area contributed by atoms with E-state index in [0.29, 0.717) is 13.2 Å². The van der Waals surface area contributed by atoms with Crippen LogP contribution in [-0.2, 0) is 0 Å². The molecule has 0 unspecified atom stereocenters. The van der Waals surface area contributed by atoms with Gasteiger partial charge in [-0.1, -0.05) is 6.92 Å². The standard InChI is InChI=1S/C12H17FN2O2/c1-2-5-15-6-7-17-11-4-3-9(12(14)16)8-10(11)13/h3-4,8,15H,2,5-7H2,1H3,(H2,14,16). The first-order chi connectivity index (χ1) is 8.15. The molecule has 0 aromatic heterocycles. The molecule has 0 saturated heterocycles. The average molecular weight is 240 g/mol. The molecule has 1 amide bonds. The zero-order chi connectivity index (χ0) is 12.7. The van der Waals surface area contributed by atoms with Gasteiger partial charge in [0.05, 0.1) is 0 Å². The van der Waals surface area contributed by atoms with E-state index in [1.807, 2.05) is 0 Å². The second kappa shape index (κ2) is 6.85. The lowest BCUT2D eigenvalue weighted by molar-refractivity contribution is 0.1000. The average Bonchev–Trinajstić information content (AvgIpc) is 2.30. The summed E-state index contributed by atoms with van der Waals surface area (Å²) in [6.45, 7) is 4.01. The van der Waals surface area contributed by atoms with Crippen LogP contribution in [-0.4, -0.2) is 25.6 Å². The van der Waals surface area contributed by atoms with E-state index in [9.17, 15) is 9.18 Å². The van der Waals surface area contributed by atoms with Crippen LogP contribution in [0.4, 0.5) is 4.39 Å². The van der Waals surface area contributed by atoms with E-state index in [2.05, 4.69) is 12.2 Å². The van der Waals surface area contributed by atoms with Crippen LogP contribution >= 0.6 is 0 Å². The molecule has 0 bridgehead atoms. The molecule has 0 aliphatic heterocycles. The van der Waals surface area contributed by atoms with Gasteiger partial charge in [-0.3, -0.25) is 4.79 Å². The molecular weight excluding hydrogens is 223 g/mol. The first-order valence-electron chi connectivity index (χ1n) is 5.58. The Morgan fingerprint density at radius 2 is 2.24 bits per heavy atom. The fourth-order valence-corrected chi connectivity index (χ4v) is 1.31. The summed E-state index contributed by atoms with van der Waals surface area (Å²) < 4.78 is 18.7. The van der Waals surface area contributed by atoms with Gasteiger partial charge in [-0.15, -0.1) is 0 Å². The summed E-state index contributed by atoms with van der Waals surface area (Å²) in [6, 6.07) is 3.94. The van der Waals surface area contributed by atoms with Crippen LogP contribution in [0.2, 0.25) is 0 Å². The summed E-state index contributed by atoms with van der Waals surface area (Å²) in [5, 5.41) is 3.13. The molecule has 0 aliphatic carbocycles. The SMILES string of the molecule is CCCNCCOc1ccc(C(N)=O)cc1F. The van der Waals surface area contributed by atoms with Crippen LogP contribution in [0, 0.1) is 5.82 Å². The van der Waals surface area contributed by atoms with Crippen LogP contribution < -0.4 is 15.8 Å². The van der Waals surface area contributed by atoms with E-state index in [1.165, 1.54) is 12.1 Å². The Labute approximate surface area is 100.0 Å². The van der Waals surface area contributed by atoms with Gasteiger partial charge in [0, 0.05) is 12.1 Å². The smallest absolute Gasteiger partial charge is 0.248 e. The lowest BCUT2D eigenvalue weighted by atomic mass is 10.2. The van der Waals surface area contributed by atoms with Gasteiger partial charge in [-0.25, -0.2) is 4.39 Å². The van der Waals surface area contributed by atoms with Crippen molar-refractivity contribution in [3.63, 3.8) is 0 Å². The molecule has 0 fully saturated rings. The first kappa shape index (κ1) is 13.4. The van der Waals surface area contributed by atoms with Gasteiger partial charge in [-0.05, 0) is 31.2 Å². The molecule has 3 N–H and O–H groups in total. The number of benzene rings is 1. The van der Waals surface area contributed by atoms with Crippen molar-refractivity contribution in [2.75, 3.05) is 19.7 Å². The van der Waals surface area contributed by atoms with Gasteiger partial charge in [0.1, 0.15) is 6.61 Å². The second-order valence-corrected chi connectivity index (χ2v) is 3.61. The predicted octanol–water partition coefficient (Wildman–Crippen LogP) is 1.30. The monoisotopic (exact) mass is 240 g/mol. The molecule has 1 aromatic carbocycles. The number of rotatable bonds is 7. The Morgan fingerprint density at radius 1 is 1.47 bits per heavy atom. The van der Waals surface area contributed by atoms with Gasteiger partial charge in [0.15, 0.2) is 11.6 Å². The maximum atomic E-state index is 13.4. The van der Waals surface area contributed by atoms with Crippen molar-refractivity contribution in [1.29, 1.82) is 0 Å². The first-order valence-corrected chi connectivity index (χ1v) is 5.58. The van der Waals surface area contributed by atoms with Gasteiger partial charge in [0.2, 0.25) is 5.91 Å². The summed E-state index contributed by atoms with van der Waals surface area (Å²) >= 11 is 0. The summed E-state index contributed by atoms with van der Waals surface area (Å²) in [6.07, 6.45) is 1.04. The van der Waals surface area contributed by atoms with E-state index in [4.69, 9.17) is 10.5 Å². The molecule has 0 heterocycles. The molecule has 4 nitrogen and oxygen atoms in total. The normalized spacial score (nSPS) is 10.2. The van der Waals surface area contributed by atoms with Gasteiger partial charge < -0.3 is 15.8 Å². The highest BCUT2D eigenvalue weighted by atomic mass is 19.1. The highest BCUT2D eigenvalue weighted by Gasteiger charge is 2.07. The molecular formula is C12H17FN2O2. The van der Waals surface area contributed by atoms with E-state index >= 15 is 0 Å². The Kier molecular flexibility index (Phi) is 5.42. The molecule has 1 rings (SSSR count). The highest BCUT2D eigenvalue weighted by molar-refractivity contribution is 5.92. The van der Waals surface area contributed by atoms with Gasteiger partial charge in [-0.2, -0.15) is 0 Å². The Hall–Kier alpha value is -1.62. The molecule has 94 valence electrons. The molecule has 5 heteroatoms. The Bertz CT molecular complexity index is 383. The number of carbonyl (C=O) groups is 1. The molecule has 1 aromatic rings. The zero-order valence-corrected chi connectivity index (χ0v) is 9.83. The van der Waals surface area contributed by atoms with Crippen molar-refractivity contribution in [3.8, 4) is 5.75 Å². The third-order valence-electron chi connectivity index (χ3n) is 2.18. The van der Waals surface area contributed by atoms with Gasteiger partial charge >= 0.3 is 0 Å². The van der Waals surface area contributed by atoms with Crippen molar-refractivity contribution < 1.29 is 13.9 Å². The second-order valence-electron chi connectivity index (χ2n) is 3.61. The topological polar surface area (TPSA) is 64.3 Å². The Morgan fingerprint density at radius 3 is 2.82 bits per heavy atom. The molecule has 17 heavy (non-hydrogen) atoms. The summed E-state index contributed by atoms with van der Waals surface area (Å²) in [5.41, 5.74) is 5.17. The molecule has 0 saturated carbocycles. The van der Waals surface area contributed by atoms with Crippen LogP contribution in [0.3, 0.4) is 0 Å². The number of halogens is 1. The molecule has 0 radical (unpaired) electrons. The minimum absolute atomic E-state index is 0.133. The number of nitrogens with two attached hydrogens (primary N) is 1. The number of carbonyl (C=O) groups excluding carboxylic acids is 1.